The Bertz CT molecular complexity index is 1170. The lowest BCUT2D eigenvalue weighted by atomic mass is 10.1. The van der Waals surface area contributed by atoms with Crippen LogP contribution in [0.5, 0.6) is 0 Å². The first-order chi connectivity index (χ1) is 13.7. The second kappa shape index (κ2) is 7.16. The van der Waals surface area contributed by atoms with Gasteiger partial charge in [0, 0.05) is 7.05 Å². The molecule has 0 N–H and O–H groups in total. The summed E-state index contributed by atoms with van der Waals surface area (Å²) in [5.41, 5.74) is -1.06. The zero-order valence-electron chi connectivity index (χ0n) is 14.6. The fourth-order valence-electron chi connectivity index (χ4n) is 2.62. The summed E-state index contributed by atoms with van der Waals surface area (Å²) in [7, 11) is -4.46. The van der Waals surface area contributed by atoms with E-state index in [0.717, 1.165) is 18.2 Å². The molecule has 0 bridgehead atoms. The van der Waals surface area contributed by atoms with E-state index in [1.807, 2.05) is 0 Å². The van der Waals surface area contributed by atoms with Gasteiger partial charge < -0.3 is 0 Å². The molecule has 30 heavy (non-hydrogen) atoms. The van der Waals surface area contributed by atoms with E-state index in [1.54, 1.807) is 0 Å². The highest BCUT2D eigenvalue weighted by Gasteiger charge is 2.48. The number of halogens is 7. The van der Waals surface area contributed by atoms with Crippen molar-refractivity contribution < 1.29 is 39.2 Å². The maximum Gasteiger partial charge on any atom is 0.453 e. The molecule has 0 amide bonds. The quantitative estimate of drug-likeness (QED) is 0.563. The predicted molar refractivity (Wildman–Crippen MR) is 85.9 cm³/mol. The maximum atomic E-state index is 13.6. The first-order valence-electron chi connectivity index (χ1n) is 7.83. The van der Waals surface area contributed by atoms with Crippen molar-refractivity contribution in [2.45, 2.75) is 23.4 Å². The van der Waals surface area contributed by atoms with Gasteiger partial charge in [-0.05, 0) is 29.8 Å². The van der Waals surface area contributed by atoms with Crippen LogP contribution in [0.2, 0.25) is 0 Å². The third-order valence-electron chi connectivity index (χ3n) is 3.99. The molecule has 0 saturated heterocycles. The SMILES string of the molecule is CN(C(c1ccc(F)cc1)C(F)(F)F)S(=O)(=O)c1ccc2nnc(C(F)(F)F)n2n1. The van der Waals surface area contributed by atoms with Crippen LogP contribution in [0.25, 0.3) is 5.65 Å². The van der Waals surface area contributed by atoms with E-state index in [1.165, 1.54) is 0 Å². The molecule has 0 aliphatic heterocycles. The number of hydrogen-bond acceptors (Lipinski definition) is 5. The molecule has 1 aromatic carbocycles. The van der Waals surface area contributed by atoms with E-state index in [2.05, 4.69) is 15.3 Å². The number of hydrogen-bond donors (Lipinski definition) is 0. The van der Waals surface area contributed by atoms with Crippen molar-refractivity contribution in [1.29, 1.82) is 0 Å². The molecule has 3 aromatic rings. The van der Waals surface area contributed by atoms with Crippen LogP contribution in [0.4, 0.5) is 30.7 Å². The number of nitrogens with zero attached hydrogens (tertiary/aromatic N) is 5. The average molecular weight is 457 g/mol. The molecule has 0 spiro atoms. The number of sulfonamides is 1. The Morgan fingerprint density at radius 2 is 1.57 bits per heavy atom. The summed E-state index contributed by atoms with van der Waals surface area (Å²) in [5.74, 6) is -2.49. The molecule has 0 saturated carbocycles. The van der Waals surface area contributed by atoms with Gasteiger partial charge in [-0.1, -0.05) is 12.1 Å². The van der Waals surface area contributed by atoms with E-state index in [9.17, 15) is 39.2 Å². The number of rotatable bonds is 4. The number of benzene rings is 1. The minimum absolute atomic E-state index is 0.0706. The monoisotopic (exact) mass is 457 g/mol. The Hall–Kier alpha value is -2.81. The predicted octanol–water partition coefficient (Wildman–Crippen LogP) is 3.21. The fourth-order valence-corrected chi connectivity index (χ4v) is 3.86. The Morgan fingerprint density at radius 1 is 0.967 bits per heavy atom. The largest absolute Gasteiger partial charge is 0.453 e. The Balaban J connectivity index is 2.11. The Morgan fingerprint density at radius 3 is 2.10 bits per heavy atom. The second-order valence-electron chi connectivity index (χ2n) is 5.98. The van der Waals surface area contributed by atoms with Gasteiger partial charge in [0.1, 0.15) is 11.9 Å². The second-order valence-corrected chi connectivity index (χ2v) is 7.92. The van der Waals surface area contributed by atoms with Crippen molar-refractivity contribution in [1.82, 2.24) is 24.1 Å². The first kappa shape index (κ1) is 21.9. The minimum Gasteiger partial charge on any atom is -0.207 e. The third kappa shape index (κ3) is 3.94. The molecule has 162 valence electrons. The van der Waals surface area contributed by atoms with Crippen LogP contribution >= 0.6 is 0 Å². The summed E-state index contributed by atoms with van der Waals surface area (Å²) < 4.78 is 118. The van der Waals surface area contributed by atoms with Gasteiger partial charge in [0.2, 0.25) is 0 Å². The van der Waals surface area contributed by atoms with Gasteiger partial charge in [0.05, 0.1) is 0 Å². The molecule has 2 aromatic heterocycles. The summed E-state index contributed by atoms with van der Waals surface area (Å²) >= 11 is 0. The maximum absolute atomic E-state index is 13.6. The molecule has 0 fully saturated rings. The van der Waals surface area contributed by atoms with Gasteiger partial charge in [0.25, 0.3) is 15.8 Å². The highest BCUT2D eigenvalue weighted by molar-refractivity contribution is 7.89. The summed E-state index contributed by atoms with van der Waals surface area (Å²) in [6, 6.07) is 1.69. The molecular weight excluding hydrogens is 447 g/mol. The third-order valence-corrected chi connectivity index (χ3v) is 5.71. The van der Waals surface area contributed by atoms with Crippen LogP contribution in [0.1, 0.15) is 17.4 Å². The van der Waals surface area contributed by atoms with Crippen LogP contribution < -0.4 is 0 Å². The fraction of sp³-hybridized carbons (Fsp3) is 0.267. The van der Waals surface area contributed by atoms with E-state index in [-0.39, 0.29) is 8.82 Å². The molecule has 3 rings (SSSR count). The average Bonchev–Trinajstić information content (AvgIpc) is 3.06. The highest BCUT2D eigenvalue weighted by atomic mass is 32.2. The lowest BCUT2D eigenvalue weighted by Gasteiger charge is -2.29. The smallest absolute Gasteiger partial charge is 0.207 e. The summed E-state index contributed by atoms with van der Waals surface area (Å²) in [6.07, 6.45) is -10.2. The molecule has 0 aliphatic carbocycles. The molecule has 0 radical (unpaired) electrons. The molecule has 1 atom stereocenters. The van der Waals surface area contributed by atoms with Crippen LogP contribution in [0.15, 0.2) is 41.4 Å². The number of aromatic nitrogens is 4. The zero-order chi connectivity index (χ0) is 22.5. The molecular formula is C15H10F7N5O2S. The summed E-state index contributed by atoms with van der Waals surface area (Å²) in [5, 5.41) is 8.24. The molecule has 15 heteroatoms. The van der Waals surface area contributed by atoms with E-state index in [0.29, 0.717) is 25.2 Å². The van der Waals surface area contributed by atoms with Crippen LogP contribution in [0, 0.1) is 5.82 Å². The van der Waals surface area contributed by atoms with Crippen molar-refractivity contribution in [3.8, 4) is 0 Å². The molecule has 7 nitrogen and oxygen atoms in total. The van der Waals surface area contributed by atoms with Crippen molar-refractivity contribution in [2.75, 3.05) is 7.05 Å². The van der Waals surface area contributed by atoms with Crippen molar-refractivity contribution in [3.05, 3.63) is 53.6 Å². The first-order valence-corrected chi connectivity index (χ1v) is 9.27. The normalized spacial score (nSPS) is 14.4. The minimum atomic E-state index is -5.13. The van der Waals surface area contributed by atoms with Gasteiger partial charge in [-0.2, -0.15) is 40.3 Å². The van der Waals surface area contributed by atoms with E-state index in [4.69, 9.17) is 0 Å². The van der Waals surface area contributed by atoms with Gasteiger partial charge in [0.15, 0.2) is 10.7 Å². The Labute approximate surface area is 163 Å². The summed E-state index contributed by atoms with van der Waals surface area (Å²) in [4.78, 5) is 0. The van der Waals surface area contributed by atoms with Crippen molar-refractivity contribution in [2.24, 2.45) is 0 Å². The van der Waals surface area contributed by atoms with Gasteiger partial charge >= 0.3 is 12.4 Å². The van der Waals surface area contributed by atoms with Gasteiger partial charge in [-0.15, -0.1) is 10.2 Å². The lowest BCUT2D eigenvalue weighted by Crippen LogP contribution is -2.40. The zero-order valence-corrected chi connectivity index (χ0v) is 15.5. The highest BCUT2D eigenvalue weighted by Crippen LogP contribution is 2.39. The number of fused-ring (bicyclic) bond motifs is 1. The van der Waals surface area contributed by atoms with Gasteiger partial charge in [-0.25, -0.2) is 12.8 Å². The van der Waals surface area contributed by atoms with Crippen LogP contribution in [-0.2, 0) is 16.2 Å². The molecule has 0 aliphatic rings. The van der Waals surface area contributed by atoms with Crippen LogP contribution in [0.3, 0.4) is 0 Å². The topological polar surface area (TPSA) is 80.5 Å². The van der Waals surface area contributed by atoms with Crippen molar-refractivity contribution >= 4 is 15.7 Å². The van der Waals surface area contributed by atoms with Crippen LogP contribution in [-0.4, -0.2) is 45.8 Å². The standard InChI is InChI=1S/C15H10F7N5O2S/c1-26(12(14(17,18)19)8-2-4-9(16)5-3-8)30(28,29)11-7-6-10-23-24-13(15(20,21)22)27(10)25-11/h2-7,12H,1H3. The molecule has 1 unspecified atom stereocenters. The lowest BCUT2D eigenvalue weighted by molar-refractivity contribution is -0.171. The van der Waals surface area contributed by atoms with Gasteiger partial charge in [-0.3, -0.25) is 0 Å². The summed E-state index contributed by atoms with van der Waals surface area (Å²) in [6.45, 7) is 0. The van der Waals surface area contributed by atoms with E-state index >= 15 is 0 Å². The van der Waals surface area contributed by atoms with E-state index < -0.39 is 56.3 Å². The molecule has 2 heterocycles. The van der Waals surface area contributed by atoms with Crippen molar-refractivity contribution in [3.63, 3.8) is 0 Å². The number of alkyl halides is 6. The Kier molecular flexibility index (Phi) is 5.22.